The van der Waals surface area contributed by atoms with E-state index in [1.807, 2.05) is 6.26 Å². The summed E-state index contributed by atoms with van der Waals surface area (Å²) in [7, 11) is 0. The van der Waals surface area contributed by atoms with Gasteiger partial charge >= 0.3 is 0 Å². The second-order valence-corrected chi connectivity index (χ2v) is 2.60. The van der Waals surface area contributed by atoms with Gasteiger partial charge in [0.25, 0.3) is 0 Å². The Labute approximate surface area is 54.5 Å². The van der Waals surface area contributed by atoms with Crippen LogP contribution in [-0.4, -0.2) is 29.8 Å². The monoisotopic (exact) mass is 135 g/mol. The van der Waals surface area contributed by atoms with Crippen molar-refractivity contribution in [2.45, 2.75) is 12.5 Å². The summed E-state index contributed by atoms with van der Waals surface area (Å²) in [5.41, 5.74) is 5.19. The molecule has 2 nitrogen and oxygen atoms in total. The third-order valence-electron chi connectivity index (χ3n) is 0.859. The Kier molecular flexibility index (Phi) is 5.59. The van der Waals surface area contributed by atoms with Crippen molar-refractivity contribution in [3.63, 3.8) is 0 Å². The van der Waals surface area contributed by atoms with E-state index in [1.165, 1.54) is 0 Å². The van der Waals surface area contributed by atoms with Crippen LogP contribution in [0.5, 0.6) is 0 Å². The topological polar surface area (TPSA) is 46.2 Å². The lowest BCUT2D eigenvalue weighted by Gasteiger charge is -2.04. The minimum Gasteiger partial charge on any atom is -0.392 e. The molecule has 1 atom stereocenters. The van der Waals surface area contributed by atoms with Crippen LogP contribution in [0.15, 0.2) is 0 Å². The van der Waals surface area contributed by atoms with Crippen LogP contribution in [0.25, 0.3) is 0 Å². The lowest BCUT2D eigenvalue weighted by molar-refractivity contribution is 0.192. The molecule has 3 N–H and O–H groups in total. The minimum absolute atomic E-state index is 0.199. The summed E-state index contributed by atoms with van der Waals surface area (Å²) in [5, 5.41) is 8.95. The van der Waals surface area contributed by atoms with E-state index in [4.69, 9.17) is 10.8 Å². The maximum absolute atomic E-state index is 8.95. The van der Waals surface area contributed by atoms with E-state index in [0.29, 0.717) is 6.54 Å². The molecule has 0 aliphatic rings. The summed E-state index contributed by atoms with van der Waals surface area (Å²) in [6, 6.07) is 0. The number of nitrogens with two attached hydrogens (primary N) is 1. The highest BCUT2D eigenvalue weighted by Crippen LogP contribution is 1.98. The molecule has 0 aliphatic heterocycles. The fraction of sp³-hybridized carbons (Fsp3) is 1.00. The molecule has 0 radical (unpaired) electrons. The molecule has 0 amide bonds. The van der Waals surface area contributed by atoms with Gasteiger partial charge in [-0.2, -0.15) is 11.8 Å². The van der Waals surface area contributed by atoms with E-state index >= 15 is 0 Å². The van der Waals surface area contributed by atoms with E-state index in [9.17, 15) is 0 Å². The molecule has 0 rings (SSSR count). The first-order valence-corrected chi connectivity index (χ1v) is 4.07. The number of aliphatic hydroxyl groups is 1. The number of hydrogen-bond donors (Lipinski definition) is 2. The van der Waals surface area contributed by atoms with Crippen LogP contribution >= 0.6 is 11.8 Å². The SMILES string of the molecule is CSC[C@@H](O)CCN. The molecule has 0 heterocycles. The second-order valence-electron chi connectivity index (χ2n) is 1.69. The highest BCUT2D eigenvalue weighted by atomic mass is 32.2. The van der Waals surface area contributed by atoms with E-state index in [2.05, 4.69) is 0 Å². The molecule has 3 heteroatoms. The van der Waals surface area contributed by atoms with Crippen LogP contribution in [-0.2, 0) is 0 Å². The van der Waals surface area contributed by atoms with Gasteiger partial charge in [-0.1, -0.05) is 0 Å². The van der Waals surface area contributed by atoms with Crippen molar-refractivity contribution >= 4 is 11.8 Å². The average Bonchev–Trinajstić information content (AvgIpc) is 1.68. The molecule has 50 valence electrons. The highest BCUT2D eigenvalue weighted by Gasteiger charge is 1.98. The third-order valence-corrected chi connectivity index (χ3v) is 1.58. The van der Waals surface area contributed by atoms with Crippen molar-refractivity contribution in [2.24, 2.45) is 5.73 Å². The molecule has 0 spiro atoms. The highest BCUT2D eigenvalue weighted by molar-refractivity contribution is 7.98. The van der Waals surface area contributed by atoms with E-state index in [-0.39, 0.29) is 6.10 Å². The van der Waals surface area contributed by atoms with Crippen molar-refractivity contribution in [3.05, 3.63) is 0 Å². The standard InChI is InChI=1S/C5H13NOS/c1-8-4-5(7)2-3-6/h5,7H,2-4,6H2,1H3/t5-/m0/s1. The Morgan fingerprint density at radius 3 is 2.75 bits per heavy atom. The first-order chi connectivity index (χ1) is 3.81. The van der Waals surface area contributed by atoms with Crippen molar-refractivity contribution in [1.82, 2.24) is 0 Å². The molecule has 8 heavy (non-hydrogen) atoms. The Morgan fingerprint density at radius 1 is 1.75 bits per heavy atom. The zero-order valence-corrected chi connectivity index (χ0v) is 5.95. The van der Waals surface area contributed by atoms with Crippen LogP contribution < -0.4 is 5.73 Å². The summed E-state index contributed by atoms with van der Waals surface area (Å²) in [6.07, 6.45) is 2.50. The Hall–Kier alpha value is 0.270. The predicted octanol–water partition coefficient (Wildman–Crippen LogP) is 0.0591. The van der Waals surface area contributed by atoms with Crippen LogP contribution in [0.2, 0.25) is 0 Å². The molecule has 0 fully saturated rings. The largest absolute Gasteiger partial charge is 0.392 e. The van der Waals surface area contributed by atoms with E-state index < -0.39 is 0 Å². The lowest BCUT2D eigenvalue weighted by Crippen LogP contribution is -2.15. The van der Waals surface area contributed by atoms with Gasteiger partial charge < -0.3 is 10.8 Å². The number of rotatable bonds is 4. The van der Waals surface area contributed by atoms with Gasteiger partial charge in [-0.15, -0.1) is 0 Å². The minimum atomic E-state index is -0.199. The zero-order chi connectivity index (χ0) is 6.41. The zero-order valence-electron chi connectivity index (χ0n) is 5.13. The average molecular weight is 135 g/mol. The summed E-state index contributed by atoms with van der Waals surface area (Å²) in [6.45, 7) is 0.585. The van der Waals surface area contributed by atoms with Crippen LogP contribution in [0.1, 0.15) is 6.42 Å². The van der Waals surface area contributed by atoms with Crippen molar-refractivity contribution in [1.29, 1.82) is 0 Å². The molecule has 0 unspecified atom stereocenters. The van der Waals surface area contributed by atoms with E-state index in [0.717, 1.165) is 12.2 Å². The van der Waals surface area contributed by atoms with Crippen LogP contribution in [0.4, 0.5) is 0 Å². The van der Waals surface area contributed by atoms with Gasteiger partial charge in [0.1, 0.15) is 0 Å². The molecule has 0 aromatic heterocycles. The molecule has 0 saturated heterocycles. The van der Waals surface area contributed by atoms with Crippen molar-refractivity contribution in [2.75, 3.05) is 18.6 Å². The first-order valence-electron chi connectivity index (χ1n) is 2.68. The van der Waals surface area contributed by atoms with Gasteiger partial charge in [-0.05, 0) is 19.2 Å². The fourth-order valence-corrected chi connectivity index (χ4v) is 1.02. The lowest BCUT2D eigenvalue weighted by atomic mass is 10.3. The first kappa shape index (κ1) is 8.27. The Morgan fingerprint density at radius 2 is 2.38 bits per heavy atom. The van der Waals surface area contributed by atoms with Gasteiger partial charge in [-0.25, -0.2) is 0 Å². The molecule has 0 bridgehead atoms. The summed E-state index contributed by atoms with van der Waals surface area (Å²) < 4.78 is 0. The molecule has 0 aromatic rings. The van der Waals surface area contributed by atoms with Gasteiger partial charge in [0.15, 0.2) is 0 Å². The molecular weight excluding hydrogens is 122 g/mol. The number of aliphatic hydroxyl groups excluding tert-OH is 1. The van der Waals surface area contributed by atoms with Crippen LogP contribution in [0, 0.1) is 0 Å². The quantitative estimate of drug-likeness (QED) is 0.573. The van der Waals surface area contributed by atoms with Crippen LogP contribution in [0.3, 0.4) is 0 Å². The summed E-state index contributed by atoms with van der Waals surface area (Å²) in [4.78, 5) is 0. The summed E-state index contributed by atoms with van der Waals surface area (Å²) >= 11 is 1.64. The number of thioether (sulfide) groups is 1. The Bertz CT molecular complexity index is 45.7. The molecule has 0 aliphatic carbocycles. The smallest absolute Gasteiger partial charge is 0.0642 e. The van der Waals surface area contributed by atoms with Gasteiger partial charge in [0, 0.05) is 5.75 Å². The molecule has 0 aromatic carbocycles. The fourth-order valence-electron chi connectivity index (χ4n) is 0.468. The maximum atomic E-state index is 8.95. The number of hydrogen-bond acceptors (Lipinski definition) is 3. The van der Waals surface area contributed by atoms with E-state index in [1.54, 1.807) is 11.8 Å². The van der Waals surface area contributed by atoms with Gasteiger partial charge in [0.05, 0.1) is 6.10 Å². The van der Waals surface area contributed by atoms with Gasteiger partial charge in [-0.3, -0.25) is 0 Å². The molecule has 0 saturated carbocycles. The third kappa shape index (κ3) is 4.43. The Balaban J connectivity index is 2.92. The van der Waals surface area contributed by atoms with Crippen molar-refractivity contribution in [3.8, 4) is 0 Å². The van der Waals surface area contributed by atoms with Crippen molar-refractivity contribution < 1.29 is 5.11 Å². The maximum Gasteiger partial charge on any atom is 0.0642 e. The normalized spacial score (nSPS) is 13.9. The predicted molar refractivity (Wildman–Crippen MR) is 38.1 cm³/mol. The second kappa shape index (κ2) is 5.41. The molecular formula is C5H13NOS. The summed E-state index contributed by atoms with van der Waals surface area (Å²) in [5.74, 6) is 0.803. The van der Waals surface area contributed by atoms with Gasteiger partial charge in [0.2, 0.25) is 0 Å².